The summed E-state index contributed by atoms with van der Waals surface area (Å²) in [5.41, 5.74) is -0.766. The van der Waals surface area contributed by atoms with E-state index in [1.54, 1.807) is 0 Å². The van der Waals surface area contributed by atoms with Crippen LogP contribution in [0.5, 0.6) is 0 Å². The predicted molar refractivity (Wildman–Crippen MR) is 29.4 cm³/mol. The highest BCUT2D eigenvalue weighted by Crippen LogP contribution is 2.50. The fraction of sp³-hybridized carbons (Fsp3) is 1.00. The molecule has 0 amide bonds. The molecule has 0 aromatic carbocycles. The van der Waals surface area contributed by atoms with Crippen LogP contribution < -0.4 is 5.32 Å². The van der Waals surface area contributed by atoms with Crippen molar-refractivity contribution in [3.63, 3.8) is 0 Å². The van der Waals surface area contributed by atoms with Crippen LogP contribution in [0, 0.1) is 5.92 Å². The van der Waals surface area contributed by atoms with Gasteiger partial charge in [0.05, 0.1) is 0 Å². The maximum Gasteiger partial charge on any atom is 0.126 e. The Kier molecular flexibility index (Phi) is 0.734. The largest absolute Gasteiger partial charge is 0.314 e. The van der Waals surface area contributed by atoms with Crippen molar-refractivity contribution in [3.05, 3.63) is 0 Å². The summed E-state index contributed by atoms with van der Waals surface area (Å²) in [5, 5.41) is 3.04. The highest BCUT2D eigenvalue weighted by atomic mass is 19.1. The van der Waals surface area contributed by atoms with Crippen molar-refractivity contribution in [1.82, 2.24) is 5.32 Å². The van der Waals surface area contributed by atoms with Crippen LogP contribution >= 0.6 is 0 Å². The molecule has 2 heteroatoms. The fourth-order valence-electron chi connectivity index (χ4n) is 1.50. The standard InChI is InChI=1S/C6H10FN/c7-6-3-5(6)1-2-8-4-6/h5,8H,1-4H2. The van der Waals surface area contributed by atoms with Crippen LogP contribution in [0.4, 0.5) is 4.39 Å². The number of piperidine rings is 1. The van der Waals surface area contributed by atoms with Crippen molar-refractivity contribution in [2.45, 2.75) is 18.5 Å². The molecule has 1 saturated heterocycles. The van der Waals surface area contributed by atoms with Gasteiger partial charge in [-0.05, 0) is 25.3 Å². The number of hydrogen-bond acceptors (Lipinski definition) is 1. The molecule has 1 aliphatic heterocycles. The van der Waals surface area contributed by atoms with E-state index in [9.17, 15) is 4.39 Å². The topological polar surface area (TPSA) is 12.0 Å². The number of fused-ring (bicyclic) bond motifs is 1. The normalized spacial score (nSPS) is 52.9. The van der Waals surface area contributed by atoms with Crippen molar-refractivity contribution in [3.8, 4) is 0 Å². The molecule has 2 rings (SSSR count). The first kappa shape index (κ1) is 4.74. The maximum atomic E-state index is 12.9. The van der Waals surface area contributed by atoms with Gasteiger partial charge in [0.1, 0.15) is 5.67 Å². The highest BCUT2D eigenvalue weighted by Gasteiger charge is 2.55. The molecule has 0 spiro atoms. The number of nitrogens with one attached hydrogen (secondary N) is 1. The van der Waals surface area contributed by atoms with Crippen molar-refractivity contribution in [2.75, 3.05) is 13.1 Å². The average molecular weight is 115 g/mol. The summed E-state index contributed by atoms with van der Waals surface area (Å²) in [7, 11) is 0. The average Bonchev–Trinajstić information content (AvgIpc) is 2.39. The minimum Gasteiger partial charge on any atom is -0.314 e. The molecule has 2 unspecified atom stereocenters. The van der Waals surface area contributed by atoms with Crippen LogP contribution in [0.15, 0.2) is 0 Å². The molecule has 1 heterocycles. The Morgan fingerprint density at radius 2 is 2.50 bits per heavy atom. The van der Waals surface area contributed by atoms with Gasteiger partial charge in [-0.15, -0.1) is 0 Å². The van der Waals surface area contributed by atoms with Crippen molar-refractivity contribution >= 4 is 0 Å². The summed E-state index contributed by atoms with van der Waals surface area (Å²) in [6, 6.07) is 0. The quantitative estimate of drug-likeness (QED) is 0.490. The second-order valence-corrected chi connectivity index (χ2v) is 2.90. The molecule has 2 fully saturated rings. The van der Waals surface area contributed by atoms with Gasteiger partial charge in [-0.25, -0.2) is 4.39 Å². The molecule has 0 aromatic heterocycles. The summed E-state index contributed by atoms with van der Waals surface area (Å²) in [6.45, 7) is 1.63. The number of halogens is 1. The fourth-order valence-corrected chi connectivity index (χ4v) is 1.50. The van der Waals surface area contributed by atoms with Crippen LogP contribution in [-0.2, 0) is 0 Å². The van der Waals surface area contributed by atoms with Crippen LogP contribution in [-0.4, -0.2) is 18.8 Å². The second kappa shape index (κ2) is 1.24. The minimum atomic E-state index is -0.766. The third-order valence-corrected chi connectivity index (χ3v) is 2.25. The number of rotatable bonds is 0. The van der Waals surface area contributed by atoms with Crippen LogP contribution in [0.2, 0.25) is 0 Å². The van der Waals surface area contributed by atoms with E-state index < -0.39 is 5.67 Å². The van der Waals surface area contributed by atoms with E-state index in [4.69, 9.17) is 0 Å². The van der Waals surface area contributed by atoms with Gasteiger partial charge < -0.3 is 5.32 Å². The van der Waals surface area contributed by atoms with E-state index in [1.807, 2.05) is 0 Å². The lowest BCUT2D eigenvalue weighted by Gasteiger charge is -2.14. The molecule has 1 N–H and O–H groups in total. The van der Waals surface area contributed by atoms with Gasteiger partial charge in [-0.2, -0.15) is 0 Å². The van der Waals surface area contributed by atoms with E-state index in [1.165, 1.54) is 0 Å². The first-order chi connectivity index (χ1) is 3.81. The number of hydrogen-bond donors (Lipinski definition) is 1. The van der Waals surface area contributed by atoms with E-state index in [2.05, 4.69) is 5.32 Å². The molecule has 2 atom stereocenters. The summed E-state index contributed by atoms with van der Waals surface area (Å²) in [6.07, 6.45) is 1.87. The van der Waals surface area contributed by atoms with Crippen LogP contribution in [0.1, 0.15) is 12.8 Å². The summed E-state index contributed by atoms with van der Waals surface area (Å²) in [4.78, 5) is 0. The SMILES string of the molecule is FC12CNCCC1C2. The van der Waals surface area contributed by atoms with E-state index >= 15 is 0 Å². The van der Waals surface area contributed by atoms with Gasteiger partial charge in [0.25, 0.3) is 0 Å². The Morgan fingerprint density at radius 1 is 1.62 bits per heavy atom. The monoisotopic (exact) mass is 115 g/mol. The zero-order valence-electron chi connectivity index (χ0n) is 4.78. The van der Waals surface area contributed by atoms with Gasteiger partial charge >= 0.3 is 0 Å². The van der Waals surface area contributed by atoms with Crippen LogP contribution in [0.3, 0.4) is 0 Å². The Labute approximate surface area is 48.3 Å². The Hall–Kier alpha value is -0.110. The van der Waals surface area contributed by atoms with E-state index in [0.29, 0.717) is 12.5 Å². The first-order valence-electron chi connectivity index (χ1n) is 3.21. The molecular formula is C6H10FN. The molecule has 0 radical (unpaired) electrons. The lowest BCUT2D eigenvalue weighted by Crippen LogP contribution is -2.32. The lowest BCUT2D eigenvalue weighted by atomic mass is 10.1. The van der Waals surface area contributed by atoms with Crippen molar-refractivity contribution in [2.24, 2.45) is 5.92 Å². The van der Waals surface area contributed by atoms with Crippen molar-refractivity contribution < 1.29 is 4.39 Å². The Balaban J connectivity index is 2.04. The smallest absolute Gasteiger partial charge is 0.126 e. The summed E-state index contributed by atoms with van der Waals surface area (Å²) < 4.78 is 12.9. The Morgan fingerprint density at radius 3 is 3.00 bits per heavy atom. The van der Waals surface area contributed by atoms with Gasteiger partial charge in [-0.3, -0.25) is 0 Å². The highest BCUT2D eigenvalue weighted by molar-refractivity contribution is 5.07. The Bertz CT molecular complexity index is 113. The minimum absolute atomic E-state index is 0.420. The summed E-state index contributed by atoms with van der Waals surface area (Å²) in [5.74, 6) is 0.420. The number of alkyl halides is 1. The summed E-state index contributed by atoms with van der Waals surface area (Å²) >= 11 is 0. The van der Waals surface area contributed by atoms with Gasteiger partial charge in [0.15, 0.2) is 0 Å². The molecule has 1 aliphatic carbocycles. The van der Waals surface area contributed by atoms with Gasteiger partial charge in [-0.1, -0.05) is 0 Å². The molecule has 46 valence electrons. The van der Waals surface area contributed by atoms with Crippen LogP contribution in [0.25, 0.3) is 0 Å². The molecule has 0 bridgehead atoms. The van der Waals surface area contributed by atoms with Gasteiger partial charge in [0.2, 0.25) is 0 Å². The lowest BCUT2D eigenvalue weighted by molar-refractivity contribution is 0.241. The second-order valence-electron chi connectivity index (χ2n) is 2.90. The molecule has 1 saturated carbocycles. The van der Waals surface area contributed by atoms with Gasteiger partial charge in [0, 0.05) is 6.54 Å². The molecule has 0 aromatic rings. The third kappa shape index (κ3) is 0.494. The predicted octanol–water partition coefficient (Wildman–Crippen LogP) is 0.708. The molecule has 1 nitrogen and oxygen atoms in total. The third-order valence-electron chi connectivity index (χ3n) is 2.25. The molecule has 8 heavy (non-hydrogen) atoms. The van der Waals surface area contributed by atoms with Crippen molar-refractivity contribution in [1.29, 1.82) is 0 Å². The molecular weight excluding hydrogens is 105 g/mol. The molecule has 2 aliphatic rings. The zero-order chi connectivity index (χ0) is 5.61. The maximum absolute atomic E-state index is 12.9. The van der Waals surface area contributed by atoms with E-state index in [0.717, 1.165) is 19.4 Å². The zero-order valence-corrected chi connectivity index (χ0v) is 4.78. The first-order valence-corrected chi connectivity index (χ1v) is 3.21. The van der Waals surface area contributed by atoms with E-state index in [-0.39, 0.29) is 0 Å².